The lowest BCUT2D eigenvalue weighted by molar-refractivity contribution is 0.0908. The zero-order valence-corrected chi connectivity index (χ0v) is 13.5. The third-order valence-corrected chi connectivity index (χ3v) is 6.20. The Labute approximate surface area is 122 Å². The molecule has 2 nitrogen and oxygen atoms in total. The molecule has 0 atom stereocenters. The maximum absolute atomic E-state index is 5.73. The maximum Gasteiger partial charge on any atom is 0.0274 e. The number of hydrogen-bond acceptors (Lipinski definition) is 3. The van der Waals surface area contributed by atoms with Gasteiger partial charge in [-0.15, -0.1) is 11.3 Å². The van der Waals surface area contributed by atoms with Gasteiger partial charge >= 0.3 is 0 Å². The molecule has 1 fully saturated rings. The van der Waals surface area contributed by atoms with Crippen LogP contribution in [0.5, 0.6) is 0 Å². The fraction of sp³-hybridized carbons (Fsp3) is 0.750. The Bertz CT molecular complexity index is 397. The van der Waals surface area contributed by atoms with Gasteiger partial charge in [-0.05, 0) is 49.9 Å². The van der Waals surface area contributed by atoms with Crippen LogP contribution in [0, 0.1) is 12.3 Å². The summed E-state index contributed by atoms with van der Waals surface area (Å²) >= 11 is 1.86. The Hall–Kier alpha value is -0.380. The summed E-state index contributed by atoms with van der Waals surface area (Å²) in [5.74, 6) is 0. The minimum atomic E-state index is 0.628. The summed E-state index contributed by atoms with van der Waals surface area (Å²) in [6.07, 6.45) is 5.41. The summed E-state index contributed by atoms with van der Waals surface area (Å²) < 4.78 is 0. The van der Waals surface area contributed by atoms with Crippen LogP contribution in [0.3, 0.4) is 0 Å². The molecule has 1 saturated heterocycles. The first kappa shape index (κ1) is 15.0. The van der Waals surface area contributed by atoms with Crippen molar-refractivity contribution in [2.75, 3.05) is 13.1 Å². The Kier molecular flexibility index (Phi) is 5.04. The van der Waals surface area contributed by atoms with E-state index in [4.69, 9.17) is 5.73 Å². The SMILES string of the molecule is CCC1(CC)CCN(Cc2cc(CN)sc2C)CC1. The van der Waals surface area contributed by atoms with Crippen molar-refractivity contribution in [3.8, 4) is 0 Å². The van der Waals surface area contributed by atoms with Gasteiger partial charge in [-0.3, -0.25) is 4.90 Å². The van der Waals surface area contributed by atoms with Crippen molar-refractivity contribution < 1.29 is 0 Å². The van der Waals surface area contributed by atoms with E-state index in [2.05, 4.69) is 31.7 Å². The molecule has 0 saturated carbocycles. The van der Waals surface area contributed by atoms with Crippen molar-refractivity contribution in [2.24, 2.45) is 11.1 Å². The van der Waals surface area contributed by atoms with E-state index >= 15 is 0 Å². The fourth-order valence-electron chi connectivity index (χ4n) is 3.23. The Morgan fingerprint density at radius 3 is 2.37 bits per heavy atom. The van der Waals surface area contributed by atoms with Crippen LogP contribution in [-0.4, -0.2) is 18.0 Å². The minimum Gasteiger partial charge on any atom is -0.326 e. The van der Waals surface area contributed by atoms with Gasteiger partial charge in [0.25, 0.3) is 0 Å². The second-order valence-electron chi connectivity index (χ2n) is 5.98. The summed E-state index contributed by atoms with van der Waals surface area (Å²) in [5.41, 5.74) is 7.85. The van der Waals surface area contributed by atoms with Crippen LogP contribution in [0.25, 0.3) is 0 Å². The molecular formula is C16H28N2S. The molecular weight excluding hydrogens is 252 g/mol. The van der Waals surface area contributed by atoms with Crippen LogP contribution in [0.1, 0.15) is 54.8 Å². The molecule has 3 heteroatoms. The summed E-state index contributed by atoms with van der Waals surface area (Å²) in [6, 6.07) is 2.31. The van der Waals surface area contributed by atoms with Gasteiger partial charge in [-0.2, -0.15) is 0 Å². The molecule has 0 amide bonds. The highest BCUT2D eigenvalue weighted by Gasteiger charge is 2.31. The van der Waals surface area contributed by atoms with E-state index in [-0.39, 0.29) is 0 Å². The van der Waals surface area contributed by atoms with Crippen molar-refractivity contribution in [1.29, 1.82) is 0 Å². The first-order valence-electron chi connectivity index (χ1n) is 7.63. The zero-order valence-electron chi connectivity index (χ0n) is 12.7. The molecule has 0 aromatic carbocycles. The van der Waals surface area contributed by atoms with E-state index in [0.29, 0.717) is 12.0 Å². The number of hydrogen-bond donors (Lipinski definition) is 1. The van der Waals surface area contributed by atoms with Crippen molar-refractivity contribution >= 4 is 11.3 Å². The monoisotopic (exact) mass is 280 g/mol. The number of piperidine rings is 1. The van der Waals surface area contributed by atoms with Crippen molar-refractivity contribution in [3.63, 3.8) is 0 Å². The third-order valence-electron chi connectivity index (χ3n) is 5.08. The molecule has 2 rings (SSSR count). The number of rotatable bonds is 5. The molecule has 0 spiro atoms. The van der Waals surface area contributed by atoms with E-state index in [1.807, 2.05) is 11.3 Å². The van der Waals surface area contributed by atoms with Gasteiger partial charge in [-0.25, -0.2) is 0 Å². The Morgan fingerprint density at radius 2 is 1.89 bits per heavy atom. The predicted molar refractivity (Wildman–Crippen MR) is 84.5 cm³/mol. The summed E-state index contributed by atoms with van der Waals surface area (Å²) in [5, 5.41) is 0. The molecule has 1 aromatic rings. The van der Waals surface area contributed by atoms with Gasteiger partial charge in [0, 0.05) is 22.8 Å². The second-order valence-corrected chi connectivity index (χ2v) is 7.32. The van der Waals surface area contributed by atoms with Gasteiger partial charge in [-0.1, -0.05) is 26.7 Å². The molecule has 2 N–H and O–H groups in total. The highest BCUT2D eigenvalue weighted by atomic mass is 32.1. The van der Waals surface area contributed by atoms with E-state index in [0.717, 1.165) is 6.54 Å². The molecule has 1 aromatic heterocycles. The van der Waals surface area contributed by atoms with Crippen molar-refractivity contribution in [2.45, 2.75) is 59.5 Å². The number of nitrogens with two attached hydrogens (primary N) is 1. The normalized spacial score (nSPS) is 19.8. The summed E-state index contributed by atoms with van der Waals surface area (Å²) in [7, 11) is 0. The lowest BCUT2D eigenvalue weighted by Crippen LogP contribution is -2.39. The largest absolute Gasteiger partial charge is 0.326 e. The summed E-state index contributed by atoms with van der Waals surface area (Å²) in [6.45, 7) is 11.3. The zero-order chi connectivity index (χ0) is 13.9. The van der Waals surface area contributed by atoms with Gasteiger partial charge in [0.15, 0.2) is 0 Å². The number of thiophene rings is 1. The highest BCUT2D eigenvalue weighted by molar-refractivity contribution is 7.12. The molecule has 1 aliphatic rings. The number of aryl methyl sites for hydroxylation is 1. The second kappa shape index (κ2) is 6.38. The van der Waals surface area contributed by atoms with Crippen LogP contribution < -0.4 is 5.73 Å². The Balaban J connectivity index is 1.93. The van der Waals surface area contributed by atoms with Crippen LogP contribution in [0.4, 0.5) is 0 Å². The molecule has 1 aliphatic heterocycles. The fourth-order valence-corrected chi connectivity index (χ4v) is 4.16. The van der Waals surface area contributed by atoms with Crippen LogP contribution in [0.2, 0.25) is 0 Å². The summed E-state index contributed by atoms with van der Waals surface area (Å²) in [4.78, 5) is 5.39. The molecule has 0 bridgehead atoms. The lowest BCUT2D eigenvalue weighted by Gasteiger charge is -2.41. The van der Waals surface area contributed by atoms with Crippen molar-refractivity contribution in [3.05, 3.63) is 21.4 Å². The van der Waals surface area contributed by atoms with Crippen molar-refractivity contribution in [1.82, 2.24) is 4.90 Å². The highest BCUT2D eigenvalue weighted by Crippen LogP contribution is 2.38. The van der Waals surface area contributed by atoms with Gasteiger partial charge < -0.3 is 5.73 Å². The molecule has 0 radical (unpaired) electrons. The smallest absolute Gasteiger partial charge is 0.0274 e. The third kappa shape index (κ3) is 3.39. The van der Waals surface area contributed by atoms with E-state index in [9.17, 15) is 0 Å². The molecule has 0 unspecified atom stereocenters. The average molecular weight is 280 g/mol. The van der Waals surface area contributed by atoms with E-state index in [1.165, 1.54) is 54.1 Å². The van der Waals surface area contributed by atoms with Gasteiger partial charge in [0.2, 0.25) is 0 Å². The van der Waals surface area contributed by atoms with Crippen LogP contribution in [0.15, 0.2) is 6.07 Å². The van der Waals surface area contributed by atoms with E-state index < -0.39 is 0 Å². The Morgan fingerprint density at radius 1 is 1.26 bits per heavy atom. The quantitative estimate of drug-likeness (QED) is 0.886. The standard InChI is InChI=1S/C16H28N2S/c1-4-16(5-2)6-8-18(9-7-16)12-14-10-15(11-17)19-13(14)3/h10H,4-9,11-12,17H2,1-3H3. The molecule has 19 heavy (non-hydrogen) atoms. The average Bonchev–Trinajstić information content (AvgIpc) is 2.81. The van der Waals surface area contributed by atoms with Crippen LogP contribution >= 0.6 is 11.3 Å². The van der Waals surface area contributed by atoms with Crippen LogP contribution in [-0.2, 0) is 13.1 Å². The van der Waals surface area contributed by atoms with Gasteiger partial charge in [0.05, 0.1) is 0 Å². The molecule has 2 heterocycles. The van der Waals surface area contributed by atoms with E-state index in [1.54, 1.807) is 0 Å². The number of nitrogens with zero attached hydrogens (tertiary/aromatic N) is 1. The first-order valence-corrected chi connectivity index (χ1v) is 8.44. The lowest BCUT2D eigenvalue weighted by atomic mass is 9.74. The van der Waals surface area contributed by atoms with Gasteiger partial charge in [0.1, 0.15) is 0 Å². The molecule has 108 valence electrons. The number of likely N-dealkylation sites (tertiary alicyclic amines) is 1. The topological polar surface area (TPSA) is 29.3 Å². The maximum atomic E-state index is 5.73. The first-order chi connectivity index (χ1) is 9.12. The predicted octanol–water partition coefficient (Wildman–Crippen LogP) is 3.92. The molecule has 0 aliphatic carbocycles. The minimum absolute atomic E-state index is 0.628.